The number of nitrogens with zero attached hydrogens (tertiary/aromatic N) is 4. The topological polar surface area (TPSA) is 58.6 Å². The van der Waals surface area contributed by atoms with E-state index in [1.807, 2.05) is 24.3 Å². The molecule has 1 aromatic carbocycles. The van der Waals surface area contributed by atoms with Gasteiger partial charge in [-0.15, -0.1) is 0 Å². The molecule has 0 saturated carbocycles. The van der Waals surface area contributed by atoms with Crippen LogP contribution in [-0.2, 0) is 17.5 Å². The number of amides is 1. The summed E-state index contributed by atoms with van der Waals surface area (Å²) < 4.78 is 43.5. The first-order valence-electron chi connectivity index (χ1n) is 7.92. The number of benzene rings is 1. The van der Waals surface area contributed by atoms with E-state index < -0.39 is 11.9 Å². The average Bonchev–Trinajstić information content (AvgIpc) is 2.63. The number of ether oxygens (including phenoxy) is 1. The van der Waals surface area contributed by atoms with E-state index in [-0.39, 0.29) is 18.3 Å². The fourth-order valence-electron chi connectivity index (χ4n) is 2.74. The Balaban J connectivity index is 1.68. The number of methoxy groups -OCH3 is 1. The molecule has 1 aliphatic rings. The van der Waals surface area contributed by atoms with Gasteiger partial charge in [-0.3, -0.25) is 4.79 Å². The molecule has 2 heterocycles. The Morgan fingerprint density at radius 1 is 1.19 bits per heavy atom. The van der Waals surface area contributed by atoms with Crippen LogP contribution in [0.4, 0.5) is 19.0 Å². The van der Waals surface area contributed by atoms with Crippen molar-refractivity contribution < 1.29 is 22.7 Å². The number of hydrogen-bond donors (Lipinski definition) is 0. The van der Waals surface area contributed by atoms with E-state index in [2.05, 4.69) is 9.97 Å². The average molecular weight is 366 g/mol. The van der Waals surface area contributed by atoms with Crippen molar-refractivity contribution in [2.45, 2.75) is 12.7 Å². The van der Waals surface area contributed by atoms with Gasteiger partial charge in [-0.05, 0) is 17.7 Å². The Morgan fingerprint density at radius 2 is 2.00 bits per heavy atom. The minimum Gasteiger partial charge on any atom is -0.497 e. The molecule has 3 rings (SSSR count). The Labute approximate surface area is 148 Å². The molecule has 1 amide bonds. The first-order chi connectivity index (χ1) is 12.4. The Bertz CT molecular complexity index is 798. The maximum atomic E-state index is 12.8. The lowest BCUT2D eigenvalue weighted by molar-refractivity contribution is -0.141. The van der Waals surface area contributed by atoms with Crippen LogP contribution in [0, 0.1) is 0 Å². The zero-order valence-electron chi connectivity index (χ0n) is 14.0. The summed E-state index contributed by atoms with van der Waals surface area (Å²) in [5, 5.41) is 0. The minimum atomic E-state index is -4.55. The lowest BCUT2D eigenvalue weighted by atomic mass is 10.2. The summed E-state index contributed by atoms with van der Waals surface area (Å²) in [4.78, 5) is 22.7. The quantitative estimate of drug-likeness (QED) is 0.831. The lowest BCUT2D eigenvalue weighted by Crippen LogP contribution is -2.50. The monoisotopic (exact) mass is 366 g/mol. The predicted octanol–water partition coefficient (Wildman–Crippen LogP) is 2.35. The number of aromatic nitrogens is 2. The van der Waals surface area contributed by atoms with Crippen molar-refractivity contribution in [3.63, 3.8) is 0 Å². The van der Waals surface area contributed by atoms with E-state index in [9.17, 15) is 18.0 Å². The molecule has 0 N–H and O–H groups in total. The molecule has 0 radical (unpaired) electrons. The number of rotatable bonds is 4. The predicted molar refractivity (Wildman–Crippen MR) is 87.7 cm³/mol. The first kappa shape index (κ1) is 18.0. The van der Waals surface area contributed by atoms with Crippen LogP contribution in [0.3, 0.4) is 0 Å². The number of hydrogen-bond acceptors (Lipinski definition) is 5. The second-order valence-electron chi connectivity index (χ2n) is 5.85. The van der Waals surface area contributed by atoms with Gasteiger partial charge in [0.1, 0.15) is 23.6 Å². The lowest BCUT2D eigenvalue weighted by Gasteiger charge is -2.35. The molecule has 138 valence electrons. The van der Waals surface area contributed by atoms with Gasteiger partial charge >= 0.3 is 6.18 Å². The van der Waals surface area contributed by atoms with Crippen molar-refractivity contribution in [3.05, 3.63) is 47.9 Å². The Morgan fingerprint density at radius 3 is 2.69 bits per heavy atom. The molecular weight excluding hydrogens is 349 g/mol. The van der Waals surface area contributed by atoms with E-state index in [0.717, 1.165) is 18.0 Å². The van der Waals surface area contributed by atoms with Gasteiger partial charge in [0.2, 0.25) is 5.91 Å². The summed E-state index contributed by atoms with van der Waals surface area (Å²) in [6.07, 6.45) is -3.68. The molecule has 1 aromatic heterocycles. The summed E-state index contributed by atoms with van der Waals surface area (Å²) >= 11 is 0. The van der Waals surface area contributed by atoms with Gasteiger partial charge in [0.05, 0.1) is 13.7 Å². The van der Waals surface area contributed by atoms with Crippen LogP contribution in [0.1, 0.15) is 11.3 Å². The number of halogens is 3. The highest BCUT2D eigenvalue weighted by molar-refractivity contribution is 5.82. The van der Waals surface area contributed by atoms with E-state index >= 15 is 0 Å². The van der Waals surface area contributed by atoms with Crippen LogP contribution < -0.4 is 9.64 Å². The van der Waals surface area contributed by atoms with Crippen molar-refractivity contribution in [1.29, 1.82) is 0 Å². The molecule has 2 aromatic rings. The number of carbonyl (C=O) groups is 1. The van der Waals surface area contributed by atoms with Gasteiger partial charge in [0.15, 0.2) is 0 Å². The molecule has 0 bridgehead atoms. The largest absolute Gasteiger partial charge is 0.497 e. The van der Waals surface area contributed by atoms with Crippen molar-refractivity contribution in [2.24, 2.45) is 0 Å². The Hall–Kier alpha value is -2.84. The third-order valence-electron chi connectivity index (χ3n) is 4.09. The van der Waals surface area contributed by atoms with Gasteiger partial charge in [-0.2, -0.15) is 13.2 Å². The van der Waals surface area contributed by atoms with Gasteiger partial charge in [0.25, 0.3) is 0 Å². The molecule has 6 nitrogen and oxygen atoms in total. The second-order valence-corrected chi connectivity index (χ2v) is 5.85. The highest BCUT2D eigenvalue weighted by Gasteiger charge is 2.34. The maximum absolute atomic E-state index is 12.8. The number of piperazine rings is 1. The minimum absolute atomic E-state index is 0.0295. The molecule has 0 aliphatic carbocycles. The molecular formula is C17H17F3N4O2. The van der Waals surface area contributed by atoms with Crippen LogP contribution in [0.5, 0.6) is 5.75 Å². The molecule has 0 unspecified atom stereocenters. The number of anilines is 1. The first-order valence-corrected chi connectivity index (χ1v) is 7.92. The van der Waals surface area contributed by atoms with Crippen molar-refractivity contribution in [1.82, 2.24) is 14.9 Å². The summed E-state index contributed by atoms with van der Waals surface area (Å²) in [6.45, 7) is 1.17. The SMILES string of the molecule is COc1cccc(CN2CCN(c3cc(C(F)(F)F)ncn3)CC2=O)c1. The van der Waals surface area contributed by atoms with E-state index in [4.69, 9.17) is 4.74 Å². The van der Waals surface area contributed by atoms with Crippen LogP contribution in [0.15, 0.2) is 36.7 Å². The van der Waals surface area contributed by atoms with Gasteiger partial charge < -0.3 is 14.5 Å². The summed E-state index contributed by atoms with van der Waals surface area (Å²) in [6, 6.07) is 8.26. The molecule has 1 aliphatic heterocycles. The zero-order chi connectivity index (χ0) is 18.7. The molecule has 0 spiro atoms. The number of carbonyl (C=O) groups excluding carboxylic acids is 1. The third-order valence-corrected chi connectivity index (χ3v) is 4.09. The molecule has 1 fully saturated rings. The van der Waals surface area contributed by atoms with Crippen molar-refractivity contribution in [3.8, 4) is 5.75 Å². The fourth-order valence-corrected chi connectivity index (χ4v) is 2.74. The molecule has 0 atom stereocenters. The van der Waals surface area contributed by atoms with Gasteiger partial charge in [0, 0.05) is 25.7 Å². The van der Waals surface area contributed by atoms with Gasteiger partial charge in [-0.25, -0.2) is 9.97 Å². The van der Waals surface area contributed by atoms with Crippen molar-refractivity contribution in [2.75, 3.05) is 31.6 Å². The zero-order valence-corrected chi connectivity index (χ0v) is 14.0. The summed E-state index contributed by atoms with van der Waals surface area (Å²) in [5.74, 6) is 0.627. The highest BCUT2D eigenvalue weighted by Crippen LogP contribution is 2.29. The van der Waals surface area contributed by atoms with Crippen LogP contribution in [-0.4, -0.2) is 47.5 Å². The Kier molecular flexibility index (Phi) is 4.97. The van der Waals surface area contributed by atoms with Gasteiger partial charge in [-0.1, -0.05) is 12.1 Å². The van der Waals surface area contributed by atoms with E-state index in [1.54, 1.807) is 12.0 Å². The van der Waals surface area contributed by atoms with Crippen LogP contribution in [0.2, 0.25) is 0 Å². The van der Waals surface area contributed by atoms with Crippen molar-refractivity contribution >= 4 is 11.7 Å². The molecule has 1 saturated heterocycles. The highest BCUT2D eigenvalue weighted by atomic mass is 19.4. The molecule has 26 heavy (non-hydrogen) atoms. The fraction of sp³-hybridized carbons (Fsp3) is 0.353. The molecule has 9 heteroatoms. The number of alkyl halides is 3. The summed E-state index contributed by atoms with van der Waals surface area (Å²) in [7, 11) is 1.57. The normalized spacial score (nSPS) is 15.3. The van der Waals surface area contributed by atoms with E-state index in [1.165, 1.54) is 4.90 Å². The van der Waals surface area contributed by atoms with Crippen LogP contribution >= 0.6 is 0 Å². The third kappa shape index (κ3) is 4.04. The van der Waals surface area contributed by atoms with E-state index in [0.29, 0.717) is 25.4 Å². The maximum Gasteiger partial charge on any atom is 0.433 e. The smallest absolute Gasteiger partial charge is 0.433 e. The standard InChI is InChI=1S/C17H17F3N4O2/c1-26-13-4-2-3-12(7-13)9-24-6-5-23(10-16(24)25)15-8-14(17(18,19)20)21-11-22-15/h2-4,7-8,11H,5-6,9-10H2,1H3. The second kappa shape index (κ2) is 7.19. The summed E-state index contributed by atoms with van der Waals surface area (Å²) in [5.41, 5.74) is -0.0960. The van der Waals surface area contributed by atoms with Crippen LogP contribution in [0.25, 0.3) is 0 Å².